The molecule has 3 N–H and O–H groups in total. The SMILES string of the molecule is CC1(C)CN(C(CNC(=O)C2(N)CCCC2)c2ccc(Cl)cc2)CCO1. The van der Waals surface area contributed by atoms with Gasteiger partial charge in [-0.1, -0.05) is 36.6 Å². The molecule has 1 saturated heterocycles. The molecule has 1 aromatic rings. The molecule has 0 spiro atoms. The van der Waals surface area contributed by atoms with Crippen LogP contribution in [0.2, 0.25) is 5.02 Å². The summed E-state index contributed by atoms with van der Waals surface area (Å²) in [7, 11) is 0. The Morgan fingerprint density at radius 3 is 2.58 bits per heavy atom. The van der Waals surface area contributed by atoms with Crippen molar-refractivity contribution in [2.75, 3.05) is 26.2 Å². The molecule has 1 amide bonds. The van der Waals surface area contributed by atoms with Gasteiger partial charge in [0.25, 0.3) is 0 Å². The summed E-state index contributed by atoms with van der Waals surface area (Å²) in [5, 5.41) is 3.84. The lowest BCUT2D eigenvalue weighted by molar-refractivity contribution is -0.127. The molecule has 0 aromatic heterocycles. The van der Waals surface area contributed by atoms with Crippen LogP contribution in [0.4, 0.5) is 0 Å². The third-order valence-electron chi connectivity index (χ3n) is 5.55. The van der Waals surface area contributed by atoms with Gasteiger partial charge in [-0.05, 0) is 44.4 Å². The molecule has 26 heavy (non-hydrogen) atoms. The molecule has 1 atom stereocenters. The molecule has 1 aliphatic carbocycles. The fraction of sp³-hybridized carbons (Fsp3) is 0.650. The predicted octanol–water partition coefficient (Wildman–Crippen LogP) is 2.88. The van der Waals surface area contributed by atoms with Crippen LogP contribution >= 0.6 is 11.6 Å². The highest BCUT2D eigenvalue weighted by Gasteiger charge is 2.38. The zero-order valence-corrected chi connectivity index (χ0v) is 16.5. The van der Waals surface area contributed by atoms with Gasteiger partial charge >= 0.3 is 0 Å². The largest absolute Gasteiger partial charge is 0.373 e. The molecule has 0 bridgehead atoms. The summed E-state index contributed by atoms with van der Waals surface area (Å²) < 4.78 is 5.85. The van der Waals surface area contributed by atoms with E-state index in [2.05, 4.69) is 24.1 Å². The molecule has 1 unspecified atom stereocenters. The molecule has 0 radical (unpaired) electrons. The number of hydrogen-bond donors (Lipinski definition) is 2. The highest BCUT2D eigenvalue weighted by atomic mass is 35.5. The number of morpholine rings is 1. The van der Waals surface area contributed by atoms with Crippen LogP contribution in [0.15, 0.2) is 24.3 Å². The van der Waals surface area contributed by atoms with Crippen LogP contribution in [0.3, 0.4) is 0 Å². The van der Waals surface area contributed by atoms with Crippen molar-refractivity contribution in [3.8, 4) is 0 Å². The molecule has 144 valence electrons. The van der Waals surface area contributed by atoms with Crippen LogP contribution < -0.4 is 11.1 Å². The summed E-state index contributed by atoms with van der Waals surface area (Å²) in [5.74, 6) is -0.0264. The fourth-order valence-electron chi connectivity index (χ4n) is 4.06. The molecular weight excluding hydrogens is 350 g/mol. The lowest BCUT2D eigenvalue weighted by Crippen LogP contribution is -2.55. The standard InChI is InChI=1S/C20H30ClN3O2/c1-19(2)14-24(11-12-26-19)17(15-5-7-16(21)8-6-15)13-23-18(25)20(22)9-3-4-10-20/h5-8,17H,3-4,9-14,22H2,1-2H3,(H,23,25). The van der Waals surface area contributed by atoms with Crippen molar-refractivity contribution >= 4 is 17.5 Å². The van der Waals surface area contributed by atoms with Crippen molar-refractivity contribution in [1.29, 1.82) is 0 Å². The van der Waals surface area contributed by atoms with Gasteiger partial charge in [0.15, 0.2) is 0 Å². The average molecular weight is 380 g/mol. The highest BCUT2D eigenvalue weighted by Crippen LogP contribution is 2.29. The van der Waals surface area contributed by atoms with Crippen molar-refractivity contribution in [2.45, 2.75) is 56.7 Å². The normalized spacial score (nSPS) is 23.5. The van der Waals surface area contributed by atoms with E-state index in [1.165, 1.54) is 0 Å². The van der Waals surface area contributed by atoms with Gasteiger partial charge in [0.2, 0.25) is 5.91 Å². The molecule has 1 aliphatic heterocycles. The van der Waals surface area contributed by atoms with Crippen LogP contribution in [0.5, 0.6) is 0 Å². The van der Waals surface area contributed by atoms with E-state index in [1.54, 1.807) is 0 Å². The van der Waals surface area contributed by atoms with E-state index >= 15 is 0 Å². The lowest BCUT2D eigenvalue weighted by atomic mass is 9.97. The first-order valence-electron chi connectivity index (χ1n) is 9.50. The number of ether oxygens (including phenoxy) is 1. The van der Waals surface area contributed by atoms with Crippen LogP contribution in [0.25, 0.3) is 0 Å². The Balaban J connectivity index is 1.74. The molecule has 6 heteroatoms. The lowest BCUT2D eigenvalue weighted by Gasteiger charge is -2.42. The Kier molecular flexibility index (Phi) is 5.92. The minimum atomic E-state index is -0.700. The fourth-order valence-corrected chi connectivity index (χ4v) is 4.19. The molecule has 2 aliphatic rings. The van der Waals surface area contributed by atoms with E-state index in [1.807, 2.05) is 24.3 Å². The number of nitrogens with one attached hydrogen (secondary N) is 1. The topological polar surface area (TPSA) is 67.6 Å². The van der Waals surface area contributed by atoms with Crippen LogP contribution in [0.1, 0.15) is 51.1 Å². The van der Waals surface area contributed by atoms with E-state index in [-0.39, 0.29) is 17.6 Å². The second-order valence-electron chi connectivity index (χ2n) is 8.22. The summed E-state index contributed by atoms with van der Waals surface area (Å²) >= 11 is 6.06. The summed E-state index contributed by atoms with van der Waals surface area (Å²) in [6, 6.07) is 7.95. The van der Waals surface area contributed by atoms with E-state index in [4.69, 9.17) is 22.1 Å². The van der Waals surface area contributed by atoms with E-state index in [0.717, 1.165) is 44.3 Å². The first-order chi connectivity index (χ1) is 12.3. The third kappa shape index (κ3) is 4.58. The first-order valence-corrected chi connectivity index (χ1v) is 9.88. The Labute approximate surface area is 161 Å². The highest BCUT2D eigenvalue weighted by molar-refractivity contribution is 6.30. The Hall–Kier alpha value is -1.14. The third-order valence-corrected chi connectivity index (χ3v) is 5.81. The van der Waals surface area contributed by atoms with Gasteiger partial charge in [-0.3, -0.25) is 9.69 Å². The number of hydrogen-bond acceptors (Lipinski definition) is 4. The van der Waals surface area contributed by atoms with Gasteiger partial charge in [-0.15, -0.1) is 0 Å². The maximum Gasteiger partial charge on any atom is 0.240 e. The van der Waals surface area contributed by atoms with Gasteiger partial charge in [-0.25, -0.2) is 0 Å². The maximum absolute atomic E-state index is 12.7. The number of benzene rings is 1. The van der Waals surface area contributed by atoms with Crippen LogP contribution in [0, 0.1) is 0 Å². The smallest absolute Gasteiger partial charge is 0.240 e. The monoisotopic (exact) mass is 379 g/mol. The number of carbonyl (C=O) groups excluding carboxylic acids is 1. The maximum atomic E-state index is 12.7. The second-order valence-corrected chi connectivity index (χ2v) is 8.66. The number of amides is 1. The summed E-state index contributed by atoms with van der Waals surface area (Å²) in [6.45, 7) is 7.07. The number of halogens is 1. The predicted molar refractivity (Wildman–Crippen MR) is 104 cm³/mol. The van der Waals surface area contributed by atoms with Crippen LogP contribution in [-0.2, 0) is 9.53 Å². The minimum Gasteiger partial charge on any atom is -0.373 e. The quantitative estimate of drug-likeness (QED) is 0.825. The van der Waals surface area contributed by atoms with Crippen molar-refractivity contribution in [2.24, 2.45) is 5.73 Å². The van der Waals surface area contributed by atoms with E-state index in [0.29, 0.717) is 18.2 Å². The van der Waals surface area contributed by atoms with Gasteiger partial charge < -0.3 is 15.8 Å². The molecule has 1 heterocycles. The zero-order valence-electron chi connectivity index (χ0n) is 15.8. The average Bonchev–Trinajstić information content (AvgIpc) is 3.04. The second kappa shape index (κ2) is 7.85. The number of nitrogens with two attached hydrogens (primary N) is 1. The van der Waals surface area contributed by atoms with Crippen molar-refractivity contribution in [3.63, 3.8) is 0 Å². The molecule has 1 saturated carbocycles. The molecular formula is C20H30ClN3O2. The molecule has 5 nitrogen and oxygen atoms in total. The Bertz CT molecular complexity index is 626. The zero-order chi connectivity index (χ0) is 18.8. The Morgan fingerprint density at radius 1 is 1.31 bits per heavy atom. The number of rotatable bonds is 5. The van der Waals surface area contributed by atoms with Gasteiger partial charge in [0, 0.05) is 24.7 Å². The van der Waals surface area contributed by atoms with Crippen molar-refractivity contribution in [3.05, 3.63) is 34.9 Å². The minimum absolute atomic E-state index is 0.0264. The van der Waals surface area contributed by atoms with Gasteiger partial charge in [0.1, 0.15) is 0 Å². The number of carbonyl (C=O) groups is 1. The van der Waals surface area contributed by atoms with Crippen LogP contribution in [-0.4, -0.2) is 48.2 Å². The number of nitrogens with zero attached hydrogens (tertiary/aromatic N) is 1. The van der Waals surface area contributed by atoms with E-state index in [9.17, 15) is 4.79 Å². The molecule has 3 rings (SSSR count). The summed E-state index contributed by atoms with van der Waals surface area (Å²) in [4.78, 5) is 15.0. The summed E-state index contributed by atoms with van der Waals surface area (Å²) in [5.41, 5.74) is 6.55. The van der Waals surface area contributed by atoms with E-state index < -0.39 is 5.54 Å². The van der Waals surface area contributed by atoms with Crippen molar-refractivity contribution < 1.29 is 9.53 Å². The Morgan fingerprint density at radius 2 is 1.96 bits per heavy atom. The van der Waals surface area contributed by atoms with Crippen molar-refractivity contribution in [1.82, 2.24) is 10.2 Å². The summed E-state index contributed by atoms with van der Waals surface area (Å²) in [6.07, 6.45) is 3.61. The first kappa shape index (κ1) is 19.6. The van der Waals surface area contributed by atoms with Gasteiger partial charge in [0.05, 0.1) is 23.8 Å². The van der Waals surface area contributed by atoms with Gasteiger partial charge in [-0.2, -0.15) is 0 Å². The molecule has 1 aromatic carbocycles. The molecule has 2 fully saturated rings.